The fraction of sp³-hybridized carbons (Fsp3) is 0.367. The number of benzene rings is 2. The minimum absolute atomic E-state index is 0.119. The number of methoxy groups -OCH3 is 1. The number of halogens is 1. The molecule has 3 aromatic rings. The van der Waals surface area contributed by atoms with E-state index in [1.54, 1.807) is 35.4 Å². The van der Waals surface area contributed by atoms with E-state index in [1.165, 1.54) is 14.5 Å². The molecule has 1 aromatic heterocycles. The van der Waals surface area contributed by atoms with Crippen molar-refractivity contribution in [1.82, 2.24) is 14.9 Å². The van der Waals surface area contributed by atoms with Crippen molar-refractivity contribution in [2.24, 2.45) is 11.8 Å². The molecule has 42 heavy (non-hydrogen) atoms. The summed E-state index contributed by atoms with van der Waals surface area (Å²) in [5.41, 5.74) is 4.01. The van der Waals surface area contributed by atoms with Gasteiger partial charge in [-0.3, -0.25) is 4.79 Å². The molecule has 213 valence electrons. The molecule has 1 saturated carbocycles. The number of nitrogens with zero attached hydrogens (tertiary/aromatic N) is 5. The van der Waals surface area contributed by atoms with Crippen molar-refractivity contribution in [3.05, 3.63) is 58.2 Å². The number of fused-ring (bicyclic) bond motifs is 3. The molecule has 12 heteroatoms. The lowest BCUT2D eigenvalue weighted by atomic mass is 9.68. The molecule has 2 N–H and O–H groups in total. The zero-order valence-corrected chi connectivity index (χ0v) is 24.2. The number of hydrogen-bond donors (Lipinski definition) is 2. The molecule has 2 atom stereocenters. The third-order valence-electron chi connectivity index (χ3n) is 8.54. The van der Waals surface area contributed by atoms with Crippen molar-refractivity contribution < 1.29 is 19.4 Å². The monoisotopic (exact) mass is 583 g/mol. The number of nitrogens with one attached hydrogen (secondary N) is 1. The average molecular weight is 584 g/mol. The van der Waals surface area contributed by atoms with E-state index in [0.717, 1.165) is 29.4 Å². The van der Waals surface area contributed by atoms with Gasteiger partial charge in [-0.15, -0.1) is 0 Å². The second-order valence-electron chi connectivity index (χ2n) is 11.7. The fourth-order valence-corrected chi connectivity index (χ4v) is 6.61. The number of aromatic nitrogens is 2. The van der Waals surface area contributed by atoms with Crippen LogP contribution in [0.4, 0.5) is 17.3 Å². The second-order valence-corrected chi connectivity index (χ2v) is 12.1. The van der Waals surface area contributed by atoms with E-state index in [4.69, 9.17) is 21.3 Å². The Morgan fingerprint density at radius 2 is 2.05 bits per heavy atom. The Hall–Kier alpha value is -4.14. The Balaban J connectivity index is 1.28. The second kappa shape index (κ2) is 10.6. The lowest BCUT2D eigenvalue weighted by Crippen LogP contribution is -2.59. The summed E-state index contributed by atoms with van der Waals surface area (Å²) in [4.78, 5) is 37.1. The van der Waals surface area contributed by atoms with Crippen LogP contribution >= 0.6 is 11.6 Å². The van der Waals surface area contributed by atoms with Gasteiger partial charge in [0, 0.05) is 54.3 Å². The molecule has 7 rings (SSSR count). The van der Waals surface area contributed by atoms with Gasteiger partial charge in [0.2, 0.25) is 5.95 Å². The van der Waals surface area contributed by atoms with Crippen molar-refractivity contribution in [1.29, 1.82) is 5.26 Å². The van der Waals surface area contributed by atoms with Gasteiger partial charge in [-0.2, -0.15) is 5.26 Å². The van der Waals surface area contributed by atoms with E-state index in [0.29, 0.717) is 47.9 Å². The molecule has 2 bridgehead atoms. The van der Waals surface area contributed by atoms with Crippen molar-refractivity contribution in [3.8, 4) is 23.1 Å². The van der Waals surface area contributed by atoms with Crippen LogP contribution in [0.25, 0.3) is 11.3 Å². The maximum atomic E-state index is 13.3. The summed E-state index contributed by atoms with van der Waals surface area (Å²) in [6, 6.07) is 11.0. The Kier molecular flexibility index (Phi) is 7.07. The summed E-state index contributed by atoms with van der Waals surface area (Å²) in [6.45, 7) is 5.75. The van der Waals surface area contributed by atoms with Crippen LogP contribution < -0.4 is 14.9 Å². The molecule has 3 fully saturated rings. The third kappa shape index (κ3) is 4.74. The zero-order chi connectivity index (χ0) is 29.8. The smallest absolute Gasteiger partial charge is 0.329 e. The lowest BCUT2D eigenvalue weighted by molar-refractivity contribution is -0.0970. The summed E-state index contributed by atoms with van der Waals surface area (Å²) < 4.78 is 5.59. The number of carbonyl (C=O) groups is 2. The number of ether oxygens (including phenoxy) is 1. The van der Waals surface area contributed by atoms with Crippen LogP contribution in [0.3, 0.4) is 0 Å². The molecule has 1 radical (unpaired) electrons. The first-order valence-electron chi connectivity index (χ1n) is 13.7. The quantitative estimate of drug-likeness (QED) is 0.315. The molecule has 4 aliphatic rings. The predicted molar refractivity (Wildman–Crippen MR) is 160 cm³/mol. The number of hydrogen-bond acceptors (Lipinski definition) is 9. The number of aliphatic hydroxyl groups is 1. The van der Waals surface area contributed by atoms with Crippen LogP contribution in [-0.4, -0.2) is 72.3 Å². The van der Waals surface area contributed by atoms with E-state index in [-0.39, 0.29) is 40.2 Å². The minimum atomic E-state index is -0.327. The normalized spacial score (nSPS) is 21.6. The van der Waals surface area contributed by atoms with Crippen LogP contribution in [0.2, 0.25) is 5.02 Å². The summed E-state index contributed by atoms with van der Waals surface area (Å²) in [6.07, 6.45) is 2.96. The van der Waals surface area contributed by atoms with Gasteiger partial charge in [-0.25, -0.2) is 9.97 Å². The Bertz CT molecular complexity index is 1630. The molecule has 3 aliphatic heterocycles. The van der Waals surface area contributed by atoms with Gasteiger partial charge in [0.15, 0.2) is 0 Å². The SMILES string of the molecule is COc1cc(C(=O)N2CC3CC(C2)C3O)c(Cl)cc1Nc1nccc(-c2cc(C#N)c3c(c2)C(C)(C)CN3[B]C=O)n1. The van der Waals surface area contributed by atoms with Crippen LogP contribution in [0, 0.1) is 23.2 Å². The van der Waals surface area contributed by atoms with Crippen LogP contribution in [0.5, 0.6) is 5.75 Å². The van der Waals surface area contributed by atoms with Crippen LogP contribution in [0.1, 0.15) is 41.8 Å². The molecule has 1 aliphatic carbocycles. The predicted octanol–water partition coefficient (Wildman–Crippen LogP) is 3.78. The Morgan fingerprint density at radius 1 is 1.29 bits per heavy atom. The number of carbonyl (C=O) groups excluding carboxylic acids is 2. The van der Waals surface area contributed by atoms with E-state index >= 15 is 0 Å². The molecule has 10 nitrogen and oxygen atoms in total. The minimum Gasteiger partial charge on any atom is -0.495 e. The fourth-order valence-electron chi connectivity index (χ4n) is 6.37. The third-order valence-corrected chi connectivity index (χ3v) is 8.85. The van der Waals surface area contributed by atoms with E-state index in [1.807, 2.05) is 10.9 Å². The Morgan fingerprint density at radius 3 is 2.71 bits per heavy atom. The molecule has 2 saturated heterocycles. The number of nitriles is 1. The highest BCUT2D eigenvalue weighted by Gasteiger charge is 2.47. The maximum absolute atomic E-state index is 13.3. The zero-order valence-electron chi connectivity index (χ0n) is 23.5. The largest absolute Gasteiger partial charge is 0.495 e. The Labute approximate surface area is 249 Å². The van der Waals surface area contributed by atoms with Crippen LogP contribution in [0.15, 0.2) is 36.5 Å². The summed E-state index contributed by atoms with van der Waals surface area (Å²) in [5, 5.41) is 23.4. The van der Waals surface area contributed by atoms with Crippen molar-refractivity contribution in [2.75, 3.05) is 36.9 Å². The topological polar surface area (TPSA) is 132 Å². The van der Waals surface area contributed by atoms with E-state index < -0.39 is 0 Å². The van der Waals surface area contributed by atoms with E-state index in [9.17, 15) is 20.0 Å². The molecule has 2 aromatic carbocycles. The number of aliphatic hydroxyl groups excluding tert-OH is 1. The average Bonchev–Trinajstić information content (AvgIpc) is 3.25. The van der Waals surface area contributed by atoms with Crippen molar-refractivity contribution >= 4 is 48.4 Å². The lowest BCUT2D eigenvalue weighted by Gasteiger charge is -2.51. The highest BCUT2D eigenvalue weighted by molar-refractivity contribution is 6.70. The van der Waals surface area contributed by atoms with Gasteiger partial charge < -0.3 is 29.7 Å². The molecule has 2 unspecified atom stereocenters. The first-order chi connectivity index (χ1) is 20.1. The summed E-state index contributed by atoms with van der Waals surface area (Å²) >= 11 is 6.60. The van der Waals surface area contributed by atoms with Gasteiger partial charge in [-0.05, 0) is 42.3 Å². The molecular weight excluding hydrogens is 555 g/mol. The molecule has 1 amide bonds. The summed E-state index contributed by atoms with van der Waals surface area (Å²) in [5.74, 6) is 0.722. The highest BCUT2D eigenvalue weighted by atomic mass is 35.5. The first kappa shape index (κ1) is 28.0. The van der Waals surface area contributed by atoms with Crippen molar-refractivity contribution in [2.45, 2.75) is 31.8 Å². The van der Waals surface area contributed by atoms with Gasteiger partial charge in [-0.1, -0.05) is 25.4 Å². The number of anilines is 3. The number of amides is 1. The molecular formula is C30H29BClN6O4. The number of piperidine rings is 2. The van der Waals surface area contributed by atoms with Crippen LogP contribution in [-0.2, 0) is 10.2 Å². The van der Waals surface area contributed by atoms with Gasteiger partial charge >= 0.3 is 7.41 Å². The van der Waals surface area contributed by atoms with Crippen molar-refractivity contribution in [3.63, 3.8) is 0 Å². The number of rotatable bonds is 7. The van der Waals surface area contributed by atoms with Gasteiger partial charge in [0.25, 0.3) is 5.91 Å². The highest BCUT2D eigenvalue weighted by Crippen LogP contribution is 2.44. The van der Waals surface area contributed by atoms with E-state index in [2.05, 4.69) is 30.2 Å². The molecule has 4 heterocycles. The molecule has 0 spiro atoms. The van der Waals surface area contributed by atoms with Gasteiger partial charge in [0.1, 0.15) is 18.0 Å². The standard InChI is InChI=1S/C30H29BClN6O4/c1-30(2)14-38(31-15-39)26-17(11-33)6-16(8-21(26)30)23-4-5-34-29(35-23)36-24-10-22(32)20(9-25(24)42-3)28(41)37-12-18-7-19(13-37)27(18)40/h4-6,8-10,15,18-19,27,40H,7,12-14H2,1-3H3,(H,34,35,36). The summed E-state index contributed by atoms with van der Waals surface area (Å²) in [7, 11) is 2.96. The van der Waals surface area contributed by atoms with Gasteiger partial charge in [0.05, 0.1) is 40.7 Å². The maximum Gasteiger partial charge on any atom is 0.329 e. The first-order valence-corrected chi connectivity index (χ1v) is 14.1.